The average Bonchev–Trinajstić information content (AvgIpc) is 2.74. The Hall–Kier alpha value is -1.40. The minimum Gasteiger partial charge on any atom is -0.369 e. The van der Waals surface area contributed by atoms with Gasteiger partial charge in [0.1, 0.15) is 11.9 Å². The van der Waals surface area contributed by atoms with E-state index in [1.807, 2.05) is 11.4 Å². The smallest absolute Gasteiger partial charge is 0.245 e. The van der Waals surface area contributed by atoms with E-state index in [1.54, 1.807) is 12.1 Å². The number of primary amides is 1. The van der Waals surface area contributed by atoms with Crippen molar-refractivity contribution in [2.45, 2.75) is 6.04 Å². The van der Waals surface area contributed by atoms with Crippen molar-refractivity contribution in [2.24, 2.45) is 5.73 Å². The fourth-order valence-corrected chi connectivity index (χ4v) is 3.15. The monoisotopic (exact) mass is 328 g/mol. The zero-order valence-corrected chi connectivity index (χ0v) is 11.6. The number of rotatable bonds is 4. The molecule has 3 N–H and O–H groups in total. The molecule has 3 nitrogen and oxygen atoms in total. The summed E-state index contributed by atoms with van der Waals surface area (Å²) in [5, 5.41) is 4.85. The standard InChI is InChI=1S/C12H10BrFN2OS/c13-9-5-6-18-11(9)10(12(15)17)16-8-3-1-7(14)2-4-8/h1-6,10,16H,(H2,15,17). The van der Waals surface area contributed by atoms with Crippen LogP contribution in [-0.4, -0.2) is 5.91 Å². The van der Waals surface area contributed by atoms with Crippen LogP contribution in [0.25, 0.3) is 0 Å². The molecule has 18 heavy (non-hydrogen) atoms. The molecule has 1 aromatic heterocycles. The summed E-state index contributed by atoms with van der Waals surface area (Å²) in [4.78, 5) is 12.3. The number of nitrogens with two attached hydrogens (primary N) is 1. The van der Waals surface area contributed by atoms with Crippen molar-refractivity contribution in [1.82, 2.24) is 0 Å². The minimum absolute atomic E-state index is 0.325. The van der Waals surface area contributed by atoms with E-state index in [4.69, 9.17) is 5.73 Å². The maximum atomic E-state index is 12.8. The number of benzene rings is 1. The Balaban J connectivity index is 2.25. The summed E-state index contributed by atoms with van der Waals surface area (Å²) in [7, 11) is 0. The number of hydrogen-bond acceptors (Lipinski definition) is 3. The molecule has 1 unspecified atom stereocenters. The van der Waals surface area contributed by atoms with Gasteiger partial charge in [-0.1, -0.05) is 0 Å². The number of thiophene rings is 1. The molecule has 0 aliphatic carbocycles. The third kappa shape index (κ3) is 2.88. The molecule has 0 aliphatic rings. The van der Waals surface area contributed by atoms with Gasteiger partial charge in [-0.3, -0.25) is 4.79 Å². The molecule has 1 amide bonds. The lowest BCUT2D eigenvalue weighted by molar-refractivity contribution is -0.118. The van der Waals surface area contributed by atoms with Gasteiger partial charge in [-0.15, -0.1) is 11.3 Å². The van der Waals surface area contributed by atoms with Crippen molar-refractivity contribution in [2.75, 3.05) is 5.32 Å². The molecular formula is C12H10BrFN2OS. The Bertz CT molecular complexity index is 555. The molecule has 0 saturated heterocycles. The summed E-state index contributed by atoms with van der Waals surface area (Å²) in [6.45, 7) is 0. The molecule has 1 atom stereocenters. The van der Waals surface area contributed by atoms with Crippen LogP contribution in [0.1, 0.15) is 10.9 Å². The first-order valence-electron chi connectivity index (χ1n) is 5.12. The van der Waals surface area contributed by atoms with Crippen LogP contribution in [-0.2, 0) is 4.79 Å². The van der Waals surface area contributed by atoms with Crippen molar-refractivity contribution in [3.63, 3.8) is 0 Å². The summed E-state index contributed by atoms with van der Waals surface area (Å²) in [6.07, 6.45) is 0. The van der Waals surface area contributed by atoms with E-state index in [2.05, 4.69) is 21.2 Å². The van der Waals surface area contributed by atoms with E-state index in [-0.39, 0.29) is 5.82 Å². The number of amides is 1. The lowest BCUT2D eigenvalue weighted by atomic mass is 10.2. The van der Waals surface area contributed by atoms with Gasteiger partial charge in [0.25, 0.3) is 0 Å². The lowest BCUT2D eigenvalue weighted by Crippen LogP contribution is -2.27. The Morgan fingerprint density at radius 2 is 2.00 bits per heavy atom. The average molecular weight is 329 g/mol. The zero-order chi connectivity index (χ0) is 13.1. The SMILES string of the molecule is NC(=O)C(Nc1ccc(F)cc1)c1sccc1Br. The molecule has 0 bridgehead atoms. The van der Waals surface area contributed by atoms with Gasteiger partial charge < -0.3 is 11.1 Å². The molecule has 2 aromatic rings. The molecule has 1 heterocycles. The molecule has 1 aromatic carbocycles. The number of halogens is 2. The highest BCUT2D eigenvalue weighted by molar-refractivity contribution is 9.10. The van der Waals surface area contributed by atoms with E-state index in [0.29, 0.717) is 5.69 Å². The van der Waals surface area contributed by atoms with Crippen LogP contribution < -0.4 is 11.1 Å². The molecule has 0 radical (unpaired) electrons. The normalized spacial score (nSPS) is 12.1. The first kappa shape index (κ1) is 13.0. The van der Waals surface area contributed by atoms with Gasteiger partial charge in [0, 0.05) is 10.2 Å². The van der Waals surface area contributed by atoms with Crippen molar-refractivity contribution >= 4 is 38.9 Å². The van der Waals surface area contributed by atoms with Crippen LogP contribution in [0.15, 0.2) is 40.2 Å². The Morgan fingerprint density at radius 3 is 2.50 bits per heavy atom. The number of carbonyl (C=O) groups excluding carboxylic acids is 1. The highest BCUT2D eigenvalue weighted by atomic mass is 79.9. The number of nitrogens with one attached hydrogen (secondary N) is 1. The second kappa shape index (κ2) is 5.49. The topological polar surface area (TPSA) is 55.1 Å². The molecule has 2 rings (SSSR count). The minimum atomic E-state index is -0.634. The van der Waals surface area contributed by atoms with Gasteiger partial charge in [-0.05, 0) is 51.6 Å². The van der Waals surface area contributed by atoms with Crippen LogP contribution in [0, 0.1) is 5.82 Å². The first-order chi connectivity index (χ1) is 8.58. The van der Waals surface area contributed by atoms with E-state index in [9.17, 15) is 9.18 Å². The number of anilines is 1. The summed E-state index contributed by atoms with van der Waals surface area (Å²) < 4.78 is 13.6. The van der Waals surface area contributed by atoms with Crippen LogP contribution in [0.4, 0.5) is 10.1 Å². The second-order valence-corrected chi connectivity index (χ2v) is 5.42. The molecule has 0 fully saturated rings. The Kier molecular flexibility index (Phi) is 3.98. The van der Waals surface area contributed by atoms with Crippen LogP contribution in [0.3, 0.4) is 0 Å². The molecule has 6 heteroatoms. The van der Waals surface area contributed by atoms with Crippen molar-refractivity contribution in [3.8, 4) is 0 Å². The fraction of sp³-hybridized carbons (Fsp3) is 0.0833. The van der Waals surface area contributed by atoms with E-state index in [1.165, 1.54) is 23.5 Å². The van der Waals surface area contributed by atoms with Crippen molar-refractivity contribution in [1.29, 1.82) is 0 Å². The van der Waals surface area contributed by atoms with E-state index in [0.717, 1.165) is 9.35 Å². The highest BCUT2D eigenvalue weighted by Gasteiger charge is 2.21. The van der Waals surface area contributed by atoms with Gasteiger partial charge in [0.15, 0.2) is 0 Å². The predicted octanol–water partition coefficient (Wildman–Crippen LogP) is 3.29. The quantitative estimate of drug-likeness (QED) is 0.904. The summed E-state index contributed by atoms with van der Waals surface area (Å²) in [5.41, 5.74) is 6.02. The lowest BCUT2D eigenvalue weighted by Gasteiger charge is -2.16. The second-order valence-electron chi connectivity index (χ2n) is 3.62. The maximum Gasteiger partial charge on any atom is 0.245 e. The Morgan fingerprint density at radius 1 is 1.33 bits per heavy atom. The molecule has 0 spiro atoms. The van der Waals surface area contributed by atoms with E-state index >= 15 is 0 Å². The van der Waals surface area contributed by atoms with Gasteiger partial charge >= 0.3 is 0 Å². The maximum absolute atomic E-state index is 12.8. The molecule has 0 saturated carbocycles. The molecule has 94 valence electrons. The third-order valence-electron chi connectivity index (χ3n) is 2.35. The largest absolute Gasteiger partial charge is 0.369 e. The van der Waals surface area contributed by atoms with Crippen molar-refractivity contribution < 1.29 is 9.18 Å². The van der Waals surface area contributed by atoms with E-state index < -0.39 is 11.9 Å². The van der Waals surface area contributed by atoms with Crippen LogP contribution in [0.5, 0.6) is 0 Å². The van der Waals surface area contributed by atoms with Gasteiger partial charge in [0.2, 0.25) is 5.91 Å². The first-order valence-corrected chi connectivity index (χ1v) is 6.79. The third-order valence-corrected chi connectivity index (χ3v) is 4.28. The predicted molar refractivity (Wildman–Crippen MR) is 74.0 cm³/mol. The number of hydrogen-bond donors (Lipinski definition) is 2. The highest BCUT2D eigenvalue weighted by Crippen LogP contribution is 2.31. The zero-order valence-electron chi connectivity index (χ0n) is 9.19. The van der Waals surface area contributed by atoms with Gasteiger partial charge in [-0.2, -0.15) is 0 Å². The number of carbonyl (C=O) groups is 1. The Labute approximate surface area is 116 Å². The molecular weight excluding hydrogens is 319 g/mol. The summed E-state index contributed by atoms with van der Waals surface area (Å²) in [5.74, 6) is -0.809. The fourth-order valence-electron chi connectivity index (χ4n) is 1.49. The summed E-state index contributed by atoms with van der Waals surface area (Å²) >= 11 is 4.79. The molecule has 0 aliphatic heterocycles. The van der Waals surface area contributed by atoms with Gasteiger partial charge in [0.05, 0.1) is 4.88 Å². The van der Waals surface area contributed by atoms with Gasteiger partial charge in [-0.25, -0.2) is 4.39 Å². The van der Waals surface area contributed by atoms with Crippen LogP contribution >= 0.6 is 27.3 Å². The summed E-state index contributed by atoms with van der Waals surface area (Å²) in [6, 6.07) is 6.99. The van der Waals surface area contributed by atoms with Crippen LogP contribution in [0.2, 0.25) is 0 Å². The van der Waals surface area contributed by atoms with Crippen molar-refractivity contribution in [3.05, 3.63) is 50.9 Å².